The van der Waals surface area contributed by atoms with Gasteiger partial charge in [0.1, 0.15) is 0 Å². The molecule has 70 valence electrons. The van der Waals surface area contributed by atoms with Gasteiger partial charge in [0.25, 0.3) is 0 Å². The predicted molar refractivity (Wildman–Crippen MR) is 56.3 cm³/mol. The molecule has 2 aromatic rings. The average Bonchev–Trinajstić information content (AvgIpc) is 2.61. The summed E-state index contributed by atoms with van der Waals surface area (Å²) in [7, 11) is 0. The van der Waals surface area contributed by atoms with E-state index in [2.05, 4.69) is 52.5 Å². The first-order chi connectivity index (χ1) is 6.95. The summed E-state index contributed by atoms with van der Waals surface area (Å²) in [5, 5.41) is 3.42. The van der Waals surface area contributed by atoms with Gasteiger partial charge in [0.2, 0.25) is 0 Å². The number of rotatable bonds is 0. The molecule has 0 fully saturated rings. The smallest absolute Gasteiger partial charge is 0.0497 e. The van der Waals surface area contributed by atoms with Gasteiger partial charge in [0.15, 0.2) is 0 Å². The Labute approximate surface area is 83.2 Å². The first kappa shape index (κ1) is 7.83. The third-order valence-corrected chi connectivity index (χ3v) is 2.71. The Bertz CT molecular complexity index is 457. The van der Waals surface area contributed by atoms with E-state index in [0.29, 0.717) is 0 Å². The van der Waals surface area contributed by atoms with Crippen LogP contribution in [0.3, 0.4) is 0 Å². The van der Waals surface area contributed by atoms with Crippen molar-refractivity contribution in [1.82, 2.24) is 9.88 Å². The summed E-state index contributed by atoms with van der Waals surface area (Å²) in [5.41, 5.74) is 4.00. The maximum atomic E-state index is 3.42. The van der Waals surface area contributed by atoms with E-state index >= 15 is 0 Å². The first-order valence-electron chi connectivity index (χ1n) is 4.90. The fourth-order valence-corrected chi connectivity index (χ4v) is 2.02. The second-order valence-corrected chi connectivity index (χ2v) is 3.60. The summed E-state index contributed by atoms with van der Waals surface area (Å²) in [5.74, 6) is 0. The van der Waals surface area contributed by atoms with Crippen LogP contribution in [0.25, 0.3) is 5.69 Å². The molecular formula is C12H12N2. The third-order valence-electron chi connectivity index (χ3n) is 2.71. The van der Waals surface area contributed by atoms with Crippen LogP contribution in [0.1, 0.15) is 11.3 Å². The van der Waals surface area contributed by atoms with Gasteiger partial charge in [0.05, 0.1) is 0 Å². The molecule has 1 N–H and O–H groups in total. The normalized spacial score (nSPS) is 14.3. The summed E-state index contributed by atoms with van der Waals surface area (Å²) in [6.45, 7) is 1.90. The number of nitrogens with one attached hydrogen (secondary N) is 1. The van der Waals surface area contributed by atoms with E-state index in [9.17, 15) is 0 Å². The van der Waals surface area contributed by atoms with E-state index in [1.807, 2.05) is 0 Å². The van der Waals surface area contributed by atoms with E-state index in [4.69, 9.17) is 0 Å². The second-order valence-electron chi connectivity index (χ2n) is 3.60. The molecule has 0 saturated heterocycles. The molecule has 3 rings (SSSR count). The maximum Gasteiger partial charge on any atom is 0.0497 e. The van der Waals surface area contributed by atoms with Gasteiger partial charge in [-0.3, -0.25) is 0 Å². The minimum Gasteiger partial charge on any atom is -0.319 e. The van der Waals surface area contributed by atoms with Gasteiger partial charge in [-0.1, -0.05) is 18.2 Å². The van der Waals surface area contributed by atoms with E-state index in [1.165, 1.54) is 16.9 Å². The van der Waals surface area contributed by atoms with Crippen molar-refractivity contribution in [3.05, 3.63) is 53.9 Å². The summed E-state index contributed by atoms with van der Waals surface area (Å²) >= 11 is 0. The molecule has 1 aromatic heterocycles. The van der Waals surface area contributed by atoms with Crippen molar-refractivity contribution in [2.75, 3.05) is 0 Å². The zero-order valence-corrected chi connectivity index (χ0v) is 7.90. The number of fused-ring (bicyclic) bond motifs is 3. The Kier molecular flexibility index (Phi) is 1.67. The Morgan fingerprint density at radius 3 is 2.93 bits per heavy atom. The van der Waals surface area contributed by atoms with Crippen LogP contribution in [-0.2, 0) is 13.1 Å². The lowest BCUT2D eigenvalue weighted by Crippen LogP contribution is -2.10. The molecule has 0 spiro atoms. The minimum absolute atomic E-state index is 0.946. The molecular weight excluding hydrogens is 172 g/mol. The highest BCUT2D eigenvalue weighted by Gasteiger charge is 2.10. The molecule has 0 amide bonds. The minimum atomic E-state index is 0.946. The maximum absolute atomic E-state index is 3.42. The van der Waals surface area contributed by atoms with Gasteiger partial charge in [-0.05, 0) is 23.8 Å². The number of hydrogen-bond donors (Lipinski definition) is 1. The highest BCUT2D eigenvalue weighted by Crippen LogP contribution is 2.20. The van der Waals surface area contributed by atoms with Gasteiger partial charge in [-0.15, -0.1) is 0 Å². The summed E-state index contributed by atoms with van der Waals surface area (Å²) in [6.07, 6.45) is 2.13. The van der Waals surface area contributed by atoms with Crippen molar-refractivity contribution >= 4 is 0 Å². The van der Waals surface area contributed by atoms with Crippen LogP contribution < -0.4 is 5.32 Å². The van der Waals surface area contributed by atoms with Crippen LogP contribution in [0.5, 0.6) is 0 Å². The summed E-state index contributed by atoms with van der Waals surface area (Å²) < 4.78 is 2.26. The fourth-order valence-electron chi connectivity index (χ4n) is 2.02. The van der Waals surface area contributed by atoms with Gasteiger partial charge < -0.3 is 9.88 Å². The van der Waals surface area contributed by atoms with Crippen molar-refractivity contribution in [3.63, 3.8) is 0 Å². The number of aromatic nitrogens is 1. The molecule has 0 unspecified atom stereocenters. The molecule has 2 nitrogen and oxygen atoms in total. The Morgan fingerprint density at radius 1 is 1.00 bits per heavy atom. The Morgan fingerprint density at radius 2 is 1.93 bits per heavy atom. The fraction of sp³-hybridized carbons (Fsp3) is 0.167. The van der Waals surface area contributed by atoms with Crippen LogP contribution >= 0.6 is 0 Å². The lowest BCUT2D eigenvalue weighted by atomic mass is 10.2. The topological polar surface area (TPSA) is 17.0 Å². The molecule has 0 saturated carbocycles. The average molecular weight is 184 g/mol. The van der Waals surface area contributed by atoms with Crippen LogP contribution in [0.2, 0.25) is 0 Å². The second kappa shape index (κ2) is 3.00. The van der Waals surface area contributed by atoms with Gasteiger partial charge in [-0.2, -0.15) is 0 Å². The molecule has 1 aliphatic rings. The quantitative estimate of drug-likeness (QED) is 0.663. The number of para-hydroxylation sites is 1. The standard InChI is InChI=1S/C12H12N2/c1-2-6-12-10(4-1)8-13-9-11-5-3-7-14(11)12/h1-7,13H,8-9H2. The number of benzene rings is 1. The van der Waals surface area contributed by atoms with Gasteiger partial charge in [0, 0.05) is 30.7 Å². The lowest BCUT2D eigenvalue weighted by molar-refractivity contribution is 0.693. The largest absolute Gasteiger partial charge is 0.319 e. The van der Waals surface area contributed by atoms with E-state index < -0.39 is 0 Å². The molecule has 1 aromatic carbocycles. The van der Waals surface area contributed by atoms with Crippen LogP contribution in [0.15, 0.2) is 42.6 Å². The SMILES string of the molecule is c1ccc2c(c1)CNCc1cccn1-2. The highest BCUT2D eigenvalue weighted by molar-refractivity contribution is 5.44. The molecule has 0 aliphatic carbocycles. The van der Waals surface area contributed by atoms with Crippen molar-refractivity contribution in [2.45, 2.75) is 13.1 Å². The van der Waals surface area contributed by atoms with Crippen molar-refractivity contribution in [2.24, 2.45) is 0 Å². The van der Waals surface area contributed by atoms with Crippen molar-refractivity contribution in [1.29, 1.82) is 0 Å². The Balaban J connectivity index is 2.27. The number of nitrogens with zero attached hydrogens (tertiary/aromatic N) is 1. The highest BCUT2D eigenvalue weighted by atomic mass is 15.0. The third kappa shape index (κ3) is 1.08. The van der Waals surface area contributed by atoms with Crippen LogP contribution in [-0.4, -0.2) is 4.57 Å². The number of hydrogen-bond acceptors (Lipinski definition) is 1. The molecule has 2 heterocycles. The van der Waals surface area contributed by atoms with E-state index in [-0.39, 0.29) is 0 Å². The molecule has 2 heteroatoms. The van der Waals surface area contributed by atoms with E-state index in [0.717, 1.165) is 13.1 Å². The van der Waals surface area contributed by atoms with Gasteiger partial charge in [-0.25, -0.2) is 0 Å². The first-order valence-corrected chi connectivity index (χ1v) is 4.90. The Hall–Kier alpha value is -1.54. The lowest BCUT2D eigenvalue weighted by Gasteiger charge is -2.08. The van der Waals surface area contributed by atoms with Crippen molar-refractivity contribution in [3.8, 4) is 5.69 Å². The molecule has 1 aliphatic heterocycles. The van der Waals surface area contributed by atoms with Crippen LogP contribution in [0.4, 0.5) is 0 Å². The van der Waals surface area contributed by atoms with Gasteiger partial charge >= 0.3 is 0 Å². The molecule has 0 atom stereocenters. The summed E-state index contributed by atoms with van der Waals surface area (Å²) in [6, 6.07) is 12.8. The monoisotopic (exact) mass is 184 g/mol. The molecule has 0 bridgehead atoms. The van der Waals surface area contributed by atoms with Crippen molar-refractivity contribution < 1.29 is 0 Å². The predicted octanol–water partition coefficient (Wildman–Crippen LogP) is 2.08. The zero-order valence-electron chi connectivity index (χ0n) is 7.90. The molecule has 14 heavy (non-hydrogen) atoms. The molecule has 0 radical (unpaired) electrons. The van der Waals surface area contributed by atoms with Crippen LogP contribution in [0, 0.1) is 0 Å². The summed E-state index contributed by atoms with van der Waals surface area (Å²) in [4.78, 5) is 0. The van der Waals surface area contributed by atoms with E-state index in [1.54, 1.807) is 0 Å². The zero-order chi connectivity index (χ0) is 9.38.